The average Bonchev–Trinajstić information content (AvgIpc) is 2.60. The van der Waals surface area contributed by atoms with E-state index in [2.05, 4.69) is 17.2 Å². The summed E-state index contributed by atoms with van der Waals surface area (Å²) in [4.78, 5) is 16.5. The molecule has 0 fully saturated rings. The normalized spacial score (nSPS) is 12.3. The minimum absolute atomic E-state index is 0.00167. The van der Waals surface area contributed by atoms with Gasteiger partial charge in [0.15, 0.2) is 0 Å². The highest BCUT2D eigenvalue weighted by Crippen LogP contribution is 2.19. The molecule has 24 heavy (non-hydrogen) atoms. The third-order valence-corrected chi connectivity index (χ3v) is 3.69. The predicted octanol–water partition coefficient (Wildman–Crippen LogP) is 4.30. The molecule has 1 amide bonds. The van der Waals surface area contributed by atoms with Crippen molar-refractivity contribution in [2.75, 3.05) is 0 Å². The van der Waals surface area contributed by atoms with E-state index in [1.54, 1.807) is 18.2 Å². The monoisotopic (exact) mass is 339 g/mol. The number of nitriles is 1. The van der Waals surface area contributed by atoms with Crippen LogP contribution in [0.15, 0.2) is 54.1 Å². The topological polar surface area (TPSA) is 65.8 Å². The molecule has 1 heterocycles. The zero-order valence-corrected chi connectivity index (χ0v) is 14.1. The summed E-state index contributed by atoms with van der Waals surface area (Å²) in [6.45, 7) is 2.05. The number of halogens is 1. The van der Waals surface area contributed by atoms with E-state index in [1.807, 2.05) is 36.4 Å². The van der Waals surface area contributed by atoms with Gasteiger partial charge in [-0.1, -0.05) is 61.3 Å². The molecule has 122 valence electrons. The zero-order valence-electron chi connectivity index (χ0n) is 13.4. The molecule has 4 nitrogen and oxygen atoms in total. The first-order valence-electron chi connectivity index (χ1n) is 7.74. The zero-order chi connectivity index (χ0) is 17.4. The molecule has 2 rings (SSSR count). The maximum absolute atomic E-state index is 12.5. The molecule has 0 aliphatic rings. The van der Waals surface area contributed by atoms with Gasteiger partial charge in [0.05, 0.1) is 11.7 Å². The van der Waals surface area contributed by atoms with Gasteiger partial charge in [-0.25, -0.2) is 4.98 Å². The Morgan fingerprint density at radius 2 is 2.04 bits per heavy atom. The fourth-order valence-electron chi connectivity index (χ4n) is 2.33. The summed E-state index contributed by atoms with van der Waals surface area (Å²) in [5, 5.41) is 12.5. The van der Waals surface area contributed by atoms with Crippen LogP contribution in [-0.4, -0.2) is 10.9 Å². The van der Waals surface area contributed by atoms with E-state index in [0.717, 1.165) is 18.4 Å². The molecular formula is C19H18ClN3O. The first-order valence-corrected chi connectivity index (χ1v) is 8.12. The Bertz CT molecular complexity index is 766. The Hall–Kier alpha value is -2.64. The van der Waals surface area contributed by atoms with Crippen LogP contribution in [0.2, 0.25) is 5.15 Å². The van der Waals surface area contributed by atoms with E-state index in [0.29, 0.717) is 10.8 Å². The second kappa shape index (κ2) is 8.85. The Labute approximate surface area is 146 Å². The molecule has 0 saturated carbocycles. The fraction of sp³-hybridized carbons (Fsp3) is 0.211. The molecule has 0 radical (unpaired) electrons. The van der Waals surface area contributed by atoms with E-state index in [9.17, 15) is 10.1 Å². The Balaban J connectivity index is 2.20. The van der Waals surface area contributed by atoms with Crippen LogP contribution < -0.4 is 5.32 Å². The molecule has 2 aromatic rings. The van der Waals surface area contributed by atoms with Crippen LogP contribution in [0, 0.1) is 11.3 Å². The van der Waals surface area contributed by atoms with Gasteiger partial charge in [0.2, 0.25) is 0 Å². The van der Waals surface area contributed by atoms with Crippen molar-refractivity contribution in [1.29, 1.82) is 5.26 Å². The van der Waals surface area contributed by atoms with E-state index in [-0.39, 0.29) is 11.6 Å². The van der Waals surface area contributed by atoms with Gasteiger partial charge in [-0.3, -0.25) is 4.79 Å². The van der Waals surface area contributed by atoms with Crippen molar-refractivity contribution in [3.05, 3.63) is 70.5 Å². The summed E-state index contributed by atoms with van der Waals surface area (Å²) in [5.74, 6) is -0.415. The van der Waals surface area contributed by atoms with Crippen LogP contribution in [-0.2, 0) is 4.79 Å². The summed E-state index contributed by atoms with van der Waals surface area (Å²) in [7, 11) is 0. The largest absolute Gasteiger partial charge is 0.345 e. The van der Waals surface area contributed by atoms with E-state index >= 15 is 0 Å². The Morgan fingerprint density at radius 1 is 1.29 bits per heavy atom. The van der Waals surface area contributed by atoms with Gasteiger partial charge in [0, 0.05) is 0 Å². The number of amides is 1. The minimum Gasteiger partial charge on any atom is -0.345 e. The van der Waals surface area contributed by atoms with Gasteiger partial charge < -0.3 is 5.32 Å². The molecule has 1 N–H and O–H groups in total. The van der Waals surface area contributed by atoms with Gasteiger partial charge in [-0.15, -0.1) is 0 Å². The van der Waals surface area contributed by atoms with E-state index in [1.165, 1.54) is 6.08 Å². The molecular weight excluding hydrogens is 322 g/mol. The minimum atomic E-state index is -0.415. The SMILES string of the molecule is CCCC(NC(=O)/C(C#N)=C/c1cccc(Cl)n1)c1ccccc1. The number of nitrogens with one attached hydrogen (secondary N) is 1. The predicted molar refractivity (Wildman–Crippen MR) is 95.1 cm³/mol. The Kier molecular flexibility index (Phi) is 6.53. The molecule has 0 aliphatic heterocycles. The van der Waals surface area contributed by atoms with Crippen molar-refractivity contribution >= 4 is 23.6 Å². The first-order chi connectivity index (χ1) is 11.6. The van der Waals surface area contributed by atoms with Crippen LogP contribution >= 0.6 is 11.6 Å². The molecule has 0 spiro atoms. The first kappa shape index (κ1) is 17.7. The van der Waals surface area contributed by atoms with Crippen LogP contribution in [0.4, 0.5) is 0 Å². The maximum Gasteiger partial charge on any atom is 0.262 e. The lowest BCUT2D eigenvalue weighted by molar-refractivity contribution is -0.117. The maximum atomic E-state index is 12.5. The van der Waals surface area contributed by atoms with Gasteiger partial charge in [-0.2, -0.15) is 5.26 Å². The number of hydrogen-bond donors (Lipinski definition) is 1. The molecule has 0 aliphatic carbocycles. The average molecular weight is 340 g/mol. The molecule has 0 saturated heterocycles. The molecule has 5 heteroatoms. The van der Waals surface area contributed by atoms with Crippen molar-refractivity contribution in [2.24, 2.45) is 0 Å². The molecule has 1 unspecified atom stereocenters. The highest BCUT2D eigenvalue weighted by atomic mass is 35.5. The number of benzene rings is 1. The summed E-state index contributed by atoms with van der Waals surface area (Å²) in [5.41, 5.74) is 1.49. The lowest BCUT2D eigenvalue weighted by atomic mass is 10.0. The van der Waals surface area contributed by atoms with E-state index in [4.69, 9.17) is 11.6 Å². The lowest BCUT2D eigenvalue weighted by Gasteiger charge is -2.18. The van der Waals surface area contributed by atoms with Crippen LogP contribution in [0.25, 0.3) is 6.08 Å². The van der Waals surface area contributed by atoms with E-state index < -0.39 is 5.91 Å². The summed E-state index contributed by atoms with van der Waals surface area (Å²) >= 11 is 5.83. The molecule has 1 atom stereocenters. The van der Waals surface area contributed by atoms with Crippen LogP contribution in [0.5, 0.6) is 0 Å². The van der Waals surface area contributed by atoms with Crippen molar-refractivity contribution in [3.8, 4) is 6.07 Å². The van der Waals surface area contributed by atoms with Gasteiger partial charge in [-0.05, 0) is 30.2 Å². The highest BCUT2D eigenvalue weighted by molar-refractivity contribution is 6.29. The lowest BCUT2D eigenvalue weighted by Crippen LogP contribution is -2.29. The number of rotatable bonds is 6. The highest BCUT2D eigenvalue weighted by Gasteiger charge is 2.16. The van der Waals surface area contributed by atoms with Crippen molar-refractivity contribution in [3.63, 3.8) is 0 Å². The van der Waals surface area contributed by atoms with Crippen LogP contribution in [0.1, 0.15) is 37.1 Å². The number of aromatic nitrogens is 1. The van der Waals surface area contributed by atoms with Crippen LogP contribution in [0.3, 0.4) is 0 Å². The van der Waals surface area contributed by atoms with Gasteiger partial charge in [0.1, 0.15) is 16.8 Å². The number of pyridine rings is 1. The number of hydrogen-bond acceptors (Lipinski definition) is 3. The summed E-state index contributed by atoms with van der Waals surface area (Å²) < 4.78 is 0. The standard InChI is InChI=1S/C19H18ClN3O/c1-2-7-17(14-8-4-3-5-9-14)23-19(24)15(13-21)12-16-10-6-11-18(20)22-16/h3-6,8-12,17H,2,7H2,1H3,(H,23,24)/b15-12+. The second-order valence-corrected chi connectivity index (χ2v) is 5.67. The van der Waals surface area contributed by atoms with Crippen molar-refractivity contribution in [1.82, 2.24) is 10.3 Å². The smallest absolute Gasteiger partial charge is 0.262 e. The van der Waals surface area contributed by atoms with Gasteiger partial charge >= 0.3 is 0 Å². The summed E-state index contributed by atoms with van der Waals surface area (Å²) in [6, 6.07) is 16.6. The number of carbonyl (C=O) groups excluding carboxylic acids is 1. The number of carbonyl (C=O) groups is 1. The fourth-order valence-corrected chi connectivity index (χ4v) is 2.50. The van der Waals surface area contributed by atoms with Crippen molar-refractivity contribution < 1.29 is 4.79 Å². The number of nitrogens with zero attached hydrogens (tertiary/aromatic N) is 2. The second-order valence-electron chi connectivity index (χ2n) is 5.28. The third-order valence-electron chi connectivity index (χ3n) is 3.48. The Morgan fingerprint density at radius 3 is 2.67 bits per heavy atom. The third kappa shape index (κ3) is 4.94. The van der Waals surface area contributed by atoms with Crippen molar-refractivity contribution in [2.45, 2.75) is 25.8 Å². The van der Waals surface area contributed by atoms with Gasteiger partial charge in [0.25, 0.3) is 5.91 Å². The molecule has 0 bridgehead atoms. The molecule has 1 aromatic carbocycles. The quantitative estimate of drug-likeness (QED) is 0.484. The summed E-state index contributed by atoms with van der Waals surface area (Å²) in [6.07, 6.45) is 3.15. The molecule has 1 aromatic heterocycles.